The van der Waals surface area contributed by atoms with Gasteiger partial charge in [-0.2, -0.15) is 0 Å². The normalized spacial score (nSPS) is 24.5. The fourth-order valence-corrected chi connectivity index (χ4v) is 4.20. The maximum Gasteiger partial charge on any atom is 0.150 e. The monoisotopic (exact) mass is 311 g/mol. The number of methoxy groups -OCH3 is 1. The predicted octanol–water partition coefficient (Wildman–Crippen LogP) is 2.70. The minimum absolute atomic E-state index is 0.188. The van der Waals surface area contributed by atoms with Crippen LogP contribution in [0.25, 0.3) is 0 Å². The molecular formula is C16H25NO3S. The Morgan fingerprint density at radius 3 is 2.48 bits per heavy atom. The van der Waals surface area contributed by atoms with Crippen molar-refractivity contribution < 1.29 is 13.2 Å². The summed E-state index contributed by atoms with van der Waals surface area (Å²) in [5.41, 5.74) is 1.19. The summed E-state index contributed by atoms with van der Waals surface area (Å²) in [4.78, 5) is 0. The highest BCUT2D eigenvalue weighted by Gasteiger charge is 2.29. The van der Waals surface area contributed by atoms with Crippen LogP contribution in [-0.2, 0) is 9.84 Å². The second-order valence-electron chi connectivity index (χ2n) is 5.98. The minimum Gasteiger partial charge on any atom is -0.497 e. The maximum atomic E-state index is 11.7. The number of ether oxygens (including phenoxy) is 1. The summed E-state index contributed by atoms with van der Waals surface area (Å²) in [6, 6.07) is 8.48. The SMILES string of the molecule is COc1ccc([C@H](C)NC2CCCC(S(C)(=O)=O)C2)cc1. The van der Waals surface area contributed by atoms with Crippen molar-refractivity contribution in [3.63, 3.8) is 0 Å². The molecule has 0 bridgehead atoms. The average Bonchev–Trinajstić information content (AvgIpc) is 2.47. The predicted molar refractivity (Wildman–Crippen MR) is 85.4 cm³/mol. The van der Waals surface area contributed by atoms with Crippen molar-refractivity contribution in [3.8, 4) is 5.75 Å². The van der Waals surface area contributed by atoms with Gasteiger partial charge in [-0.1, -0.05) is 18.6 Å². The number of hydrogen-bond donors (Lipinski definition) is 1. The number of hydrogen-bond acceptors (Lipinski definition) is 4. The Bertz CT molecular complexity index is 553. The fraction of sp³-hybridized carbons (Fsp3) is 0.625. The molecule has 4 nitrogen and oxygen atoms in total. The van der Waals surface area contributed by atoms with E-state index < -0.39 is 9.84 Å². The van der Waals surface area contributed by atoms with Gasteiger partial charge < -0.3 is 10.1 Å². The van der Waals surface area contributed by atoms with Crippen molar-refractivity contribution in [2.45, 2.75) is 49.9 Å². The fourth-order valence-electron chi connectivity index (χ4n) is 3.03. The zero-order valence-electron chi connectivity index (χ0n) is 13.0. The maximum absolute atomic E-state index is 11.7. The number of sulfone groups is 1. The van der Waals surface area contributed by atoms with E-state index in [-0.39, 0.29) is 17.3 Å². The molecule has 1 fully saturated rings. The molecule has 0 saturated heterocycles. The standard InChI is InChI=1S/C16H25NO3S/c1-12(13-7-9-15(20-2)10-8-13)17-14-5-4-6-16(11-14)21(3,18)19/h7-10,12,14,16-17H,4-6,11H2,1-3H3/t12-,14?,16?/m0/s1. The van der Waals surface area contributed by atoms with Crippen LogP contribution in [0, 0.1) is 0 Å². The molecule has 1 aromatic carbocycles. The highest BCUT2D eigenvalue weighted by molar-refractivity contribution is 7.91. The van der Waals surface area contributed by atoms with Gasteiger partial charge in [0.2, 0.25) is 0 Å². The first-order chi connectivity index (χ1) is 9.90. The van der Waals surface area contributed by atoms with Gasteiger partial charge in [0.05, 0.1) is 12.4 Å². The van der Waals surface area contributed by atoms with Gasteiger partial charge >= 0.3 is 0 Å². The third kappa shape index (κ3) is 4.45. The zero-order valence-corrected chi connectivity index (χ0v) is 13.8. The summed E-state index contributed by atoms with van der Waals surface area (Å²) in [6.45, 7) is 2.12. The van der Waals surface area contributed by atoms with Crippen LogP contribution in [0.2, 0.25) is 0 Å². The summed E-state index contributed by atoms with van der Waals surface area (Å²) >= 11 is 0. The molecule has 0 spiro atoms. The van der Waals surface area contributed by atoms with E-state index in [0.717, 1.165) is 31.4 Å². The van der Waals surface area contributed by atoms with E-state index in [1.165, 1.54) is 11.8 Å². The van der Waals surface area contributed by atoms with Crippen LogP contribution in [0.3, 0.4) is 0 Å². The Balaban J connectivity index is 1.96. The van der Waals surface area contributed by atoms with Crippen molar-refractivity contribution in [3.05, 3.63) is 29.8 Å². The molecule has 118 valence electrons. The molecule has 2 unspecified atom stereocenters. The second-order valence-corrected chi connectivity index (χ2v) is 8.30. The van der Waals surface area contributed by atoms with Crippen LogP contribution in [-0.4, -0.2) is 33.1 Å². The molecule has 0 aromatic heterocycles. The Morgan fingerprint density at radius 1 is 1.24 bits per heavy atom. The van der Waals surface area contributed by atoms with E-state index in [2.05, 4.69) is 12.2 Å². The van der Waals surface area contributed by atoms with Crippen molar-refractivity contribution in [2.75, 3.05) is 13.4 Å². The highest BCUT2D eigenvalue weighted by atomic mass is 32.2. The molecule has 3 atom stereocenters. The first-order valence-electron chi connectivity index (χ1n) is 7.49. The molecule has 21 heavy (non-hydrogen) atoms. The third-order valence-corrected chi connectivity index (χ3v) is 5.97. The zero-order chi connectivity index (χ0) is 15.5. The molecule has 1 N–H and O–H groups in total. The van der Waals surface area contributed by atoms with Crippen LogP contribution in [0.1, 0.15) is 44.2 Å². The Morgan fingerprint density at radius 2 is 1.90 bits per heavy atom. The van der Waals surface area contributed by atoms with E-state index in [4.69, 9.17) is 4.74 Å². The second kappa shape index (κ2) is 6.79. The molecule has 5 heteroatoms. The topological polar surface area (TPSA) is 55.4 Å². The Hall–Kier alpha value is -1.07. The van der Waals surface area contributed by atoms with Gasteiger partial charge in [-0.3, -0.25) is 0 Å². The van der Waals surface area contributed by atoms with Gasteiger partial charge in [0.25, 0.3) is 0 Å². The van der Waals surface area contributed by atoms with Gasteiger partial charge in [-0.05, 0) is 43.9 Å². The lowest BCUT2D eigenvalue weighted by molar-refractivity contribution is 0.346. The molecule has 1 saturated carbocycles. The summed E-state index contributed by atoms with van der Waals surface area (Å²) in [7, 11) is -1.27. The molecule has 0 heterocycles. The lowest BCUT2D eigenvalue weighted by Crippen LogP contribution is -2.39. The van der Waals surface area contributed by atoms with E-state index in [0.29, 0.717) is 0 Å². The molecule has 0 aliphatic heterocycles. The van der Waals surface area contributed by atoms with E-state index >= 15 is 0 Å². The van der Waals surface area contributed by atoms with Crippen LogP contribution >= 0.6 is 0 Å². The van der Waals surface area contributed by atoms with Crippen molar-refractivity contribution in [1.29, 1.82) is 0 Å². The Kier molecular flexibility index (Phi) is 5.27. The van der Waals surface area contributed by atoms with Crippen LogP contribution in [0.15, 0.2) is 24.3 Å². The molecule has 1 aliphatic carbocycles. The lowest BCUT2D eigenvalue weighted by Gasteiger charge is -2.31. The first kappa shape index (κ1) is 16.3. The summed E-state index contributed by atoms with van der Waals surface area (Å²) in [5, 5.41) is 3.38. The summed E-state index contributed by atoms with van der Waals surface area (Å²) < 4.78 is 28.6. The third-order valence-electron chi connectivity index (χ3n) is 4.33. The molecule has 2 rings (SSSR count). The van der Waals surface area contributed by atoms with Crippen molar-refractivity contribution in [1.82, 2.24) is 5.32 Å². The molecule has 1 aliphatic rings. The van der Waals surface area contributed by atoms with Crippen molar-refractivity contribution in [2.24, 2.45) is 0 Å². The summed E-state index contributed by atoms with van der Waals surface area (Å²) in [6.07, 6.45) is 4.90. The van der Waals surface area contributed by atoms with E-state index in [9.17, 15) is 8.42 Å². The van der Waals surface area contributed by atoms with Crippen molar-refractivity contribution >= 4 is 9.84 Å². The van der Waals surface area contributed by atoms with E-state index in [1.807, 2.05) is 24.3 Å². The first-order valence-corrected chi connectivity index (χ1v) is 9.44. The lowest BCUT2D eigenvalue weighted by atomic mass is 9.93. The van der Waals surface area contributed by atoms with Gasteiger partial charge in [0.1, 0.15) is 15.6 Å². The number of rotatable bonds is 5. The molecular weight excluding hydrogens is 286 g/mol. The Labute approximate surface area is 127 Å². The van der Waals surface area contributed by atoms with Crippen LogP contribution < -0.4 is 10.1 Å². The molecule has 1 aromatic rings. The van der Waals surface area contributed by atoms with Gasteiger partial charge in [-0.15, -0.1) is 0 Å². The molecule has 0 amide bonds. The van der Waals surface area contributed by atoms with Gasteiger partial charge in [0, 0.05) is 18.3 Å². The van der Waals surface area contributed by atoms with Crippen LogP contribution in [0.4, 0.5) is 0 Å². The van der Waals surface area contributed by atoms with E-state index in [1.54, 1.807) is 7.11 Å². The quantitative estimate of drug-likeness (QED) is 0.908. The van der Waals surface area contributed by atoms with Crippen LogP contribution in [0.5, 0.6) is 5.75 Å². The minimum atomic E-state index is -2.92. The number of nitrogens with one attached hydrogen (secondary N) is 1. The average molecular weight is 311 g/mol. The van der Waals surface area contributed by atoms with Gasteiger partial charge in [-0.25, -0.2) is 8.42 Å². The molecule has 0 radical (unpaired) electrons. The smallest absolute Gasteiger partial charge is 0.150 e. The largest absolute Gasteiger partial charge is 0.497 e. The summed E-state index contributed by atoms with van der Waals surface area (Å²) in [5.74, 6) is 0.848. The van der Waals surface area contributed by atoms with Gasteiger partial charge in [0.15, 0.2) is 0 Å². The highest BCUT2D eigenvalue weighted by Crippen LogP contribution is 2.26. The number of benzene rings is 1.